The summed E-state index contributed by atoms with van der Waals surface area (Å²) >= 11 is 6.04. The van der Waals surface area contributed by atoms with Gasteiger partial charge >= 0.3 is 0 Å². The highest BCUT2D eigenvalue weighted by atomic mass is 35.5. The Labute approximate surface area is 170 Å². The van der Waals surface area contributed by atoms with Crippen LogP contribution in [0.4, 0.5) is 0 Å². The first-order valence-corrected chi connectivity index (χ1v) is 10.9. The van der Waals surface area contributed by atoms with Crippen molar-refractivity contribution in [1.29, 1.82) is 0 Å². The molecule has 1 aromatic heterocycles. The Morgan fingerprint density at radius 1 is 1.18 bits per heavy atom. The van der Waals surface area contributed by atoms with Gasteiger partial charge < -0.3 is 9.32 Å². The zero-order valence-electron chi connectivity index (χ0n) is 16.1. The van der Waals surface area contributed by atoms with Crippen molar-refractivity contribution in [2.45, 2.75) is 69.2 Å². The van der Waals surface area contributed by atoms with E-state index in [9.17, 15) is 4.79 Å². The number of amides is 1. The van der Waals surface area contributed by atoms with Crippen LogP contribution in [0.1, 0.15) is 68.7 Å². The highest BCUT2D eigenvalue weighted by Crippen LogP contribution is 2.48. The molecule has 1 aliphatic heterocycles. The van der Waals surface area contributed by atoms with Crippen molar-refractivity contribution < 1.29 is 9.21 Å². The number of benzene rings is 1. The molecular weight excluding hydrogens is 374 g/mol. The lowest BCUT2D eigenvalue weighted by molar-refractivity contribution is -0.132. The van der Waals surface area contributed by atoms with Gasteiger partial charge in [-0.15, -0.1) is 10.2 Å². The summed E-state index contributed by atoms with van der Waals surface area (Å²) in [5.74, 6) is 2.21. The number of halogens is 1. The van der Waals surface area contributed by atoms with E-state index in [1.165, 1.54) is 24.8 Å². The zero-order valence-corrected chi connectivity index (χ0v) is 16.8. The molecular formula is C22H26ClN3O2. The molecule has 2 bridgehead atoms. The lowest BCUT2D eigenvalue weighted by atomic mass is 9.64. The number of aromatic nitrogens is 2. The predicted molar refractivity (Wildman–Crippen MR) is 106 cm³/mol. The average molecular weight is 400 g/mol. The van der Waals surface area contributed by atoms with Gasteiger partial charge in [-0.3, -0.25) is 4.79 Å². The summed E-state index contributed by atoms with van der Waals surface area (Å²) in [6, 6.07) is 8.41. The van der Waals surface area contributed by atoms with E-state index in [4.69, 9.17) is 16.0 Å². The summed E-state index contributed by atoms with van der Waals surface area (Å²) in [6.45, 7) is 0.943. The number of carbonyl (C=O) groups excluding carboxylic acids is 1. The van der Waals surface area contributed by atoms with Crippen molar-refractivity contribution in [1.82, 2.24) is 15.1 Å². The van der Waals surface area contributed by atoms with Crippen molar-refractivity contribution in [2.24, 2.45) is 5.92 Å². The molecule has 2 atom stereocenters. The molecule has 2 aliphatic carbocycles. The fourth-order valence-electron chi connectivity index (χ4n) is 5.27. The largest absolute Gasteiger partial charge is 0.424 e. The van der Waals surface area contributed by atoms with Crippen LogP contribution in [-0.4, -0.2) is 33.6 Å². The van der Waals surface area contributed by atoms with E-state index in [1.54, 1.807) is 0 Å². The normalized spacial score (nSPS) is 25.5. The maximum atomic E-state index is 12.7. The molecule has 5 rings (SSSR count). The summed E-state index contributed by atoms with van der Waals surface area (Å²) in [7, 11) is 0. The molecule has 1 amide bonds. The van der Waals surface area contributed by atoms with Crippen molar-refractivity contribution in [3.8, 4) is 0 Å². The van der Waals surface area contributed by atoms with Crippen LogP contribution in [0.2, 0.25) is 5.02 Å². The molecule has 3 aliphatic rings. The van der Waals surface area contributed by atoms with E-state index >= 15 is 0 Å². The standard InChI is InChI=1S/C22H26ClN3O2/c23-17-7-5-16(6-8-17)22(11-2-12-22)21-25-24-19(28-21)9-10-20(27)26-14-15-3-1-4-18(26)13-15/h5-8,15,18H,1-4,9-14H2/t15-,18+/m0/s1. The van der Waals surface area contributed by atoms with Gasteiger partial charge in [-0.1, -0.05) is 36.6 Å². The minimum Gasteiger partial charge on any atom is -0.424 e. The first kappa shape index (κ1) is 18.2. The molecule has 5 nitrogen and oxygen atoms in total. The van der Waals surface area contributed by atoms with E-state index in [1.807, 2.05) is 12.1 Å². The van der Waals surface area contributed by atoms with Crippen LogP contribution in [-0.2, 0) is 16.6 Å². The van der Waals surface area contributed by atoms with Gasteiger partial charge in [0.05, 0.1) is 5.41 Å². The summed E-state index contributed by atoms with van der Waals surface area (Å²) in [5.41, 5.74) is 0.991. The fraction of sp³-hybridized carbons (Fsp3) is 0.591. The van der Waals surface area contributed by atoms with E-state index in [-0.39, 0.29) is 11.3 Å². The monoisotopic (exact) mass is 399 g/mol. The number of aryl methyl sites for hydroxylation is 1. The first-order valence-electron chi connectivity index (χ1n) is 10.5. The fourth-order valence-corrected chi connectivity index (χ4v) is 5.40. The molecule has 0 N–H and O–H groups in total. The topological polar surface area (TPSA) is 59.2 Å². The van der Waals surface area contributed by atoms with Crippen LogP contribution in [0.3, 0.4) is 0 Å². The number of rotatable bonds is 5. The maximum absolute atomic E-state index is 12.7. The Morgan fingerprint density at radius 2 is 2.00 bits per heavy atom. The lowest BCUT2D eigenvalue weighted by Crippen LogP contribution is -2.35. The van der Waals surface area contributed by atoms with Crippen LogP contribution in [0.25, 0.3) is 0 Å². The number of carbonyl (C=O) groups is 1. The molecule has 3 fully saturated rings. The number of nitrogens with zero attached hydrogens (tertiary/aromatic N) is 3. The number of fused-ring (bicyclic) bond motifs is 2. The Balaban J connectivity index is 1.26. The molecule has 1 aromatic carbocycles. The molecule has 148 valence electrons. The maximum Gasteiger partial charge on any atom is 0.227 e. The molecule has 2 heterocycles. The van der Waals surface area contributed by atoms with Gasteiger partial charge in [0.2, 0.25) is 17.7 Å². The summed E-state index contributed by atoms with van der Waals surface area (Å²) < 4.78 is 6.05. The van der Waals surface area contributed by atoms with Gasteiger partial charge in [-0.2, -0.15) is 0 Å². The Kier molecular flexibility index (Phi) is 4.66. The van der Waals surface area contributed by atoms with E-state index < -0.39 is 0 Å². The van der Waals surface area contributed by atoms with Crippen molar-refractivity contribution in [3.05, 3.63) is 46.6 Å². The first-order chi connectivity index (χ1) is 13.6. The Bertz CT molecular complexity index is 859. The quantitative estimate of drug-likeness (QED) is 0.741. The van der Waals surface area contributed by atoms with Crippen LogP contribution in [0.15, 0.2) is 28.7 Å². The number of hydrogen-bond donors (Lipinski definition) is 0. The predicted octanol–water partition coefficient (Wildman–Crippen LogP) is 4.53. The van der Waals surface area contributed by atoms with Gasteiger partial charge in [0.25, 0.3) is 0 Å². The molecule has 2 aromatic rings. The highest BCUT2D eigenvalue weighted by molar-refractivity contribution is 6.30. The van der Waals surface area contributed by atoms with E-state index in [2.05, 4.69) is 27.2 Å². The van der Waals surface area contributed by atoms with Gasteiger partial charge in [0.1, 0.15) is 0 Å². The Morgan fingerprint density at radius 3 is 2.71 bits per heavy atom. The molecule has 0 unspecified atom stereocenters. The zero-order chi connectivity index (χ0) is 19.1. The molecule has 2 saturated carbocycles. The van der Waals surface area contributed by atoms with Crippen LogP contribution in [0.5, 0.6) is 0 Å². The summed E-state index contributed by atoms with van der Waals surface area (Å²) in [6.07, 6.45) is 9.04. The van der Waals surface area contributed by atoms with Gasteiger partial charge in [-0.05, 0) is 55.7 Å². The third-order valence-corrected chi connectivity index (χ3v) is 7.26. The lowest BCUT2D eigenvalue weighted by Gasteiger charge is -2.39. The minimum atomic E-state index is -0.189. The van der Waals surface area contributed by atoms with Crippen LogP contribution < -0.4 is 0 Å². The van der Waals surface area contributed by atoms with Crippen LogP contribution >= 0.6 is 11.6 Å². The van der Waals surface area contributed by atoms with Gasteiger partial charge in [0.15, 0.2) is 0 Å². The molecule has 28 heavy (non-hydrogen) atoms. The van der Waals surface area contributed by atoms with Crippen molar-refractivity contribution in [2.75, 3.05) is 6.54 Å². The highest BCUT2D eigenvalue weighted by Gasteiger charge is 2.45. The number of likely N-dealkylation sites (tertiary alicyclic amines) is 1. The molecule has 6 heteroatoms. The summed E-state index contributed by atoms with van der Waals surface area (Å²) in [4.78, 5) is 14.8. The number of hydrogen-bond acceptors (Lipinski definition) is 4. The second-order valence-electron chi connectivity index (χ2n) is 8.68. The summed E-state index contributed by atoms with van der Waals surface area (Å²) in [5, 5.41) is 9.35. The SMILES string of the molecule is O=C(CCc1nnc(C2(c3ccc(Cl)cc3)CCC2)o1)N1C[C@H]2CCC[C@@H]1C2. The molecule has 0 spiro atoms. The van der Waals surface area contributed by atoms with E-state index in [0.717, 1.165) is 43.2 Å². The minimum absolute atomic E-state index is 0.189. The second kappa shape index (κ2) is 7.18. The van der Waals surface area contributed by atoms with Crippen molar-refractivity contribution in [3.63, 3.8) is 0 Å². The smallest absolute Gasteiger partial charge is 0.227 e. The average Bonchev–Trinajstić information content (AvgIpc) is 3.25. The van der Waals surface area contributed by atoms with Gasteiger partial charge in [0, 0.05) is 30.5 Å². The molecule has 1 saturated heterocycles. The third kappa shape index (κ3) is 3.14. The van der Waals surface area contributed by atoms with Crippen molar-refractivity contribution >= 4 is 17.5 Å². The van der Waals surface area contributed by atoms with Crippen LogP contribution in [0, 0.1) is 5.92 Å². The molecule has 0 radical (unpaired) electrons. The van der Waals surface area contributed by atoms with Gasteiger partial charge in [-0.25, -0.2) is 0 Å². The Hall–Kier alpha value is -1.88. The van der Waals surface area contributed by atoms with E-state index in [0.29, 0.717) is 30.7 Å². The third-order valence-electron chi connectivity index (χ3n) is 7.00. The second-order valence-corrected chi connectivity index (χ2v) is 9.11.